The number of hydrogen-bond donors (Lipinski definition) is 1. The van der Waals surface area contributed by atoms with Gasteiger partial charge in [-0.2, -0.15) is 0 Å². The number of Topliss-reactive ketones (excluding diaryl/α,β-unsaturated/α-hetero) is 1. The molecular formula is C12H21NO2. The number of hydrogen-bond acceptors (Lipinski definition) is 2. The van der Waals surface area contributed by atoms with Crippen LogP contribution in [0.4, 0.5) is 0 Å². The number of ketones is 1. The van der Waals surface area contributed by atoms with E-state index in [0.29, 0.717) is 5.92 Å². The SMILES string of the molecule is CC(C(=O)NCC(=O)C(C)(C)C)C1CC1. The van der Waals surface area contributed by atoms with E-state index in [1.54, 1.807) is 0 Å². The fraction of sp³-hybridized carbons (Fsp3) is 0.833. The van der Waals surface area contributed by atoms with Crippen molar-refractivity contribution in [2.75, 3.05) is 6.54 Å². The molecule has 1 atom stereocenters. The Labute approximate surface area is 91.6 Å². The molecule has 1 fully saturated rings. The van der Waals surface area contributed by atoms with E-state index in [-0.39, 0.29) is 29.6 Å². The summed E-state index contributed by atoms with van der Waals surface area (Å²) in [4.78, 5) is 23.2. The summed E-state index contributed by atoms with van der Waals surface area (Å²) in [6, 6.07) is 0. The van der Waals surface area contributed by atoms with Crippen LogP contribution in [0, 0.1) is 17.3 Å². The molecule has 1 aliphatic rings. The van der Waals surface area contributed by atoms with Crippen LogP contribution in [-0.4, -0.2) is 18.2 Å². The van der Waals surface area contributed by atoms with E-state index in [9.17, 15) is 9.59 Å². The first-order valence-electron chi connectivity index (χ1n) is 5.63. The summed E-state index contributed by atoms with van der Waals surface area (Å²) in [6.45, 7) is 7.71. The zero-order chi connectivity index (χ0) is 11.6. The molecule has 3 heteroatoms. The van der Waals surface area contributed by atoms with Gasteiger partial charge in [-0.15, -0.1) is 0 Å². The van der Waals surface area contributed by atoms with Gasteiger partial charge in [-0.3, -0.25) is 9.59 Å². The fourth-order valence-electron chi connectivity index (χ4n) is 1.40. The number of carbonyl (C=O) groups is 2. The average Bonchev–Trinajstić information content (AvgIpc) is 2.93. The maximum atomic E-state index is 11.6. The Morgan fingerprint density at radius 2 is 1.87 bits per heavy atom. The molecule has 1 rings (SSSR count). The van der Waals surface area contributed by atoms with Gasteiger partial charge in [0.1, 0.15) is 0 Å². The Balaban J connectivity index is 2.30. The number of carbonyl (C=O) groups excluding carboxylic acids is 2. The Hall–Kier alpha value is -0.860. The van der Waals surface area contributed by atoms with Crippen LogP contribution < -0.4 is 5.32 Å². The molecule has 1 unspecified atom stereocenters. The van der Waals surface area contributed by atoms with Crippen LogP contribution in [0.1, 0.15) is 40.5 Å². The predicted octanol–water partition coefficient (Wildman–Crippen LogP) is 1.76. The number of amides is 1. The standard InChI is InChI=1S/C12H21NO2/c1-8(9-5-6-9)11(15)13-7-10(14)12(2,3)4/h8-9H,5-7H2,1-4H3,(H,13,15). The zero-order valence-electron chi connectivity index (χ0n) is 10.1. The lowest BCUT2D eigenvalue weighted by molar-refractivity contribution is -0.130. The van der Waals surface area contributed by atoms with Gasteiger partial charge in [-0.1, -0.05) is 27.7 Å². The fourth-order valence-corrected chi connectivity index (χ4v) is 1.40. The first kappa shape index (κ1) is 12.2. The lowest BCUT2D eigenvalue weighted by Gasteiger charge is -2.18. The molecule has 15 heavy (non-hydrogen) atoms. The third-order valence-electron chi connectivity index (χ3n) is 3.00. The summed E-state index contributed by atoms with van der Waals surface area (Å²) in [7, 11) is 0. The molecule has 1 N–H and O–H groups in total. The third-order valence-corrected chi connectivity index (χ3v) is 3.00. The van der Waals surface area contributed by atoms with Crippen molar-refractivity contribution >= 4 is 11.7 Å². The average molecular weight is 211 g/mol. The third kappa shape index (κ3) is 3.65. The van der Waals surface area contributed by atoms with E-state index >= 15 is 0 Å². The monoisotopic (exact) mass is 211 g/mol. The van der Waals surface area contributed by atoms with E-state index in [1.807, 2.05) is 27.7 Å². The highest BCUT2D eigenvalue weighted by Crippen LogP contribution is 2.36. The second kappa shape index (κ2) is 4.33. The first-order valence-corrected chi connectivity index (χ1v) is 5.63. The Morgan fingerprint density at radius 3 is 2.27 bits per heavy atom. The maximum absolute atomic E-state index is 11.6. The van der Waals surface area contributed by atoms with Crippen LogP contribution in [-0.2, 0) is 9.59 Å². The topological polar surface area (TPSA) is 46.2 Å². The quantitative estimate of drug-likeness (QED) is 0.770. The molecule has 0 heterocycles. The van der Waals surface area contributed by atoms with Gasteiger partial charge in [0.25, 0.3) is 0 Å². The van der Waals surface area contributed by atoms with Gasteiger partial charge in [0.15, 0.2) is 5.78 Å². The molecule has 1 saturated carbocycles. The highest BCUT2D eigenvalue weighted by atomic mass is 16.2. The molecule has 0 radical (unpaired) electrons. The van der Waals surface area contributed by atoms with Crippen molar-refractivity contribution in [3.63, 3.8) is 0 Å². The summed E-state index contributed by atoms with van der Waals surface area (Å²) in [5.41, 5.74) is -0.365. The van der Waals surface area contributed by atoms with Crippen molar-refractivity contribution in [2.24, 2.45) is 17.3 Å². The number of nitrogens with one attached hydrogen (secondary N) is 1. The molecule has 86 valence electrons. The molecule has 0 bridgehead atoms. The number of rotatable bonds is 4. The van der Waals surface area contributed by atoms with Crippen molar-refractivity contribution in [1.29, 1.82) is 0 Å². The largest absolute Gasteiger partial charge is 0.349 e. The minimum Gasteiger partial charge on any atom is -0.349 e. The second-order valence-electron chi connectivity index (χ2n) is 5.52. The van der Waals surface area contributed by atoms with Gasteiger partial charge in [-0.05, 0) is 18.8 Å². The van der Waals surface area contributed by atoms with E-state index in [1.165, 1.54) is 0 Å². The van der Waals surface area contributed by atoms with Gasteiger partial charge in [-0.25, -0.2) is 0 Å². The lowest BCUT2D eigenvalue weighted by atomic mass is 9.91. The van der Waals surface area contributed by atoms with Crippen molar-refractivity contribution in [1.82, 2.24) is 5.32 Å². The molecule has 0 aliphatic heterocycles. The van der Waals surface area contributed by atoms with Crippen LogP contribution >= 0.6 is 0 Å². The summed E-state index contributed by atoms with van der Waals surface area (Å²) in [5.74, 6) is 0.724. The second-order valence-corrected chi connectivity index (χ2v) is 5.52. The maximum Gasteiger partial charge on any atom is 0.223 e. The summed E-state index contributed by atoms with van der Waals surface area (Å²) in [5, 5.41) is 2.72. The van der Waals surface area contributed by atoms with Crippen LogP contribution in [0.5, 0.6) is 0 Å². The molecule has 0 saturated heterocycles. The first-order chi connectivity index (χ1) is 6.82. The Kier molecular flexibility index (Phi) is 3.53. The molecule has 3 nitrogen and oxygen atoms in total. The summed E-state index contributed by atoms with van der Waals surface area (Å²) < 4.78 is 0. The Bertz CT molecular complexity index is 261. The van der Waals surface area contributed by atoms with Gasteiger partial charge in [0.2, 0.25) is 5.91 Å². The van der Waals surface area contributed by atoms with Gasteiger partial charge in [0.05, 0.1) is 6.54 Å². The molecule has 0 aromatic carbocycles. The minimum absolute atomic E-state index is 0.0232. The van der Waals surface area contributed by atoms with Crippen LogP contribution in [0.25, 0.3) is 0 Å². The van der Waals surface area contributed by atoms with E-state index in [4.69, 9.17) is 0 Å². The normalized spacial score (nSPS) is 18.4. The van der Waals surface area contributed by atoms with Crippen molar-refractivity contribution in [3.8, 4) is 0 Å². The zero-order valence-corrected chi connectivity index (χ0v) is 10.1. The van der Waals surface area contributed by atoms with Gasteiger partial charge in [0, 0.05) is 11.3 Å². The highest BCUT2D eigenvalue weighted by molar-refractivity contribution is 5.89. The van der Waals surface area contributed by atoms with E-state index in [0.717, 1.165) is 12.8 Å². The molecule has 1 aliphatic carbocycles. The van der Waals surface area contributed by atoms with Crippen molar-refractivity contribution < 1.29 is 9.59 Å². The van der Waals surface area contributed by atoms with Gasteiger partial charge >= 0.3 is 0 Å². The van der Waals surface area contributed by atoms with Crippen LogP contribution in [0.3, 0.4) is 0 Å². The minimum atomic E-state index is -0.365. The summed E-state index contributed by atoms with van der Waals surface area (Å²) >= 11 is 0. The van der Waals surface area contributed by atoms with Crippen LogP contribution in [0.15, 0.2) is 0 Å². The highest BCUT2D eigenvalue weighted by Gasteiger charge is 2.33. The van der Waals surface area contributed by atoms with E-state index < -0.39 is 0 Å². The van der Waals surface area contributed by atoms with Crippen LogP contribution in [0.2, 0.25) is 0 Å². The molecule has 0 aromatic heterocycles. The molecule has 0 spiro atoms. The van der Waals surface area contributed by atoms with Crippen molar-refractivity contribution in [3.05, 3.63) is 0 Å². The molecule has 1 amide bonds. The van der Waals surface area contributed by atoms with Crippen molar-refractivity contribution in [2.45, 2.75) is 40.5 Å². The molecular weight excluding hydrogens is 190 g/mol. The van der Waals surface area contributed by atoms with E-state index in [2.05, 4.69) is 5.32 Å². The molecule has 0 aromatic rings. The smallest absolute Gasteiger partial charge is 0.223 e. The van der Waals surface area contributed by atoms with Gasteiger partial charge < -0.3 is 5.32 Å². The predicted molar refractivity (Wildman–Crippen MR) is 59.4 cm³/mol. The lowest BCUT2D eigenvalue weighted by Crippen LogP contribution is -2.38. The summed E-state index contributed by atoms with van der Waals surface area (Å²) in [6.07, 6.45) is 2.31. The Morgan fingerprint density at radius 1 is 1.33 bits per heavy atom.